The zero-order valence-corrected chi connectivity index (χ0v) is 18.1. The molecule has 4 rings (SSSR count). The molecule has 2 aliphatic rings. The fourth-order valence-corrected chi connectivity index (χ4v) is 4.91. The molecule has 1 aromatic carbocycles. The highest BCUT2D eigenvalue weighted by Crippen LogP contribution is 2.23. The molecule has 2 aromatic rings. The van der Waals surface area contributed by atoms with Crippen molar-refractivity contribution in [3.05, 3.63) is 46.3 Å². The Balaban J connectivity index is 1.47. The summed E-state index contributed by atoms with van der Waals surface area (Å²) in [6.07, 6.45) is 10.1. The molecule has 1 aliphatic carbocycles. The summed E-state index contributed by atoms with van der Waals surface area (Å²) in [5.41, 5.74) is 2.07. The number of fused-ring (bicyclic) bond motifs is 1. The third-order valence-electron chi connectivity index (χ3n) is 5.75. The number of carbonyl (C=O) groups excluding carboxylic acids is 1. The van der Waals surface area contributed by atoms with E-state index in [1.165, 1.54) is 30.2 Å². The second-order valence-electron chi connectivity index (χ2n) is 7.95. The van der Waals surface area contributed by atoms with Gasteiger partial charge in [-0.2, -0.15) is 0 Å². The Kier molecular flexibility index (Phi) is 7.23. The molecule has 1 atom stereocenters. The van der Waals surface area contributed by atoms with E-state index in [4.69, 9.17) is 9.72 Å². The lowest BCUT2D eigenvalue weighted by Gasteiger charge is -2.16. The summed E-state index contributed by atoms with van der Waals surface area (Å²) < 4.78 is 7.30. The molecule has 160 valence electrons. The van der Waals surface area contributed by atoms with E-state index in [9.17, 15) is 9.59 Å². The van der Waals surface area contributed by atoms with Crippen molar-refractivity contribution in [1.82, 2.24) is 14.9 Å². The number of benzene rings is 1. The molecule has 1 aliphatic heterocycles. The number of nitrogens with zero attached hydrogens (tertiary/aromatic N) is 2. The molecule has 1 saturated heterocycles. The van der Waals surface area contributed by atoms with Gasteiger partial charge in [0, 0.05) is 19.7 Å². The van der Waals surface area contributed by atoms with Crippen LogP contribution in [0.5, 0.6) is 0 Å². The number of amides is 1. The maximum Gasteiger partial charge on any atom is 0.262 e. The highest BCUT2D eigenvalue weighted by molar-refractivity contribution is 7.99. The summed E-state index contributed by atoms with van der Waals surface area (Å²) in [4.78, 5) is 30.2. The minimum atomic E-state index is -0.0561. The summed E-state index contributed by atoms with van der Waals surface area (Å²) in [7, 11) is 0. The second-order valence-corrected chi connectivity index (χ2v) is 8.90. The summed E-state index contributed by atoms with van der Waals surface area (Å²) in [6, 6.07) is 7.43. The Morgan fingerprint density at radius 2 is 2.17 bits per heavy atom. The molecule has 2 heterocycles. The number of carbonyl (C=O) groups is 1. The molecule has 1 unspecified atom stereocenters. The molecular weight excluding hydrogens is 398 g/mol. The predicted octanol–water partition coefficient (Wildman–Crippen LogP) is 3.67. The maximum absolute atomic E-state index is 13.1. The van der Waals surface area contributed by atoms with Crippen LogP contribution in [0, 0.1) is 0 Å². The number of hydrogen-bond acceptors (Lipinski definition) is 5. The van der Waals surface area contributed by atoms with Crippen molar-refractivity contribution < 1.29 is 9.53 Å². The van der Waals surface area contributed by atoms with Gasteiger partial charge in [-0.15, -0.1) is 0 Å². The van der Waals surface area contributed by atoms with Crippen LogP contribution >= 0.6 is 11.8 Å². The number of hydrogen-bond donors (Lipinski definition) is 1. The first kappa shape index (κ1) is 21.1. The highest BCUT2D eigenvalue weighted by atomic mass is 32.2. The minimum Gasteiger partial charge on any atom is -0.376 e. The lowest BCUT2D eigenvalue weighted by molar-refractivity contribution is -0.119. The van der Waals surface area contributed by atoms with Gasteiger partial charge in [0.2, 0.25) is 5.91 Å². The van der Waals surface area contributed by atoms with Crippen molar-refractivity contribution in [1.29, 1.82) is 0 Å². The van der Waals surface area contributed by atoms with E-state index in [0.717, 1.165) is 38.7 Å². The first-order valence-electron chi connectivity index (χ1n) is 10.9. The zero-order valence-electron chi connectivity index (χ0n) is 17.3. The minimum absolute atomic E-state index is 0.0285. The topological polar surface area (TPSA) is 73.2 Å². The van der Waals surface area contributed by atoms with E-state index in [1.54, 1.807) is 4.57 Å². The van der Waals surface area contributed by atoms with Crippen molar-refractivity contribution >= 4 is 28.6 Å². The summed E-state index contributed by atoms with van der Waals surface area (Å²) in [5, 5.41) is 4.18. The summed E-state index contributed by atoms with van der Waals surface area (Å²) in [6.45, 7) is 1.92. The number of ether oxygens (including phenoxy) is 1. The van der Waals surface area contributed by atoms with Crippen molar-refractivity contribution in [2.24, 2.45) is 0 Å². The van der Waals surface area contributed by atoms with Crippen LogP contribution in [0.2, 0.25) is 0 Å². The standard InChI is InChI=1S/C23H29N3O3S/c27-21(24-15-18-9-6-14-29-18)16-30-23-25-20-11-5-4-10-19(20)22(28)26(23)13-12-17-7-2-1-3-8-17/h4-5,7,10-11,18H,1-3,6,8-9,12-16H2,(H,24,27). The first-order chi connectivity index (χ1) is 14.7. The molecular formula is C23H29N3O3S. The Morgan fingerprint density at radius 1 is 1.27 bits per heavy atom. The SMILES string of the molecule is O=C(CSc1nc2ccccc2c(=O)n1CCC1=CCCCC1)NCC1CCCO1. The molecule has 0 bridgehead atoms. The lowest BCUT2D eigenvalue weighted by Crippen LogP contribution is -2.33. The van der Waals surface area contributed by atoms with Gasteiger partial charge < -0.3 is 10.1 Å². The highest BCUT2D eigenvalue weighted by Gasteiger charge is 2.17. The van der Waals surface area contributed by atoms with Gasteiger partial charge in [0.25, 0.3) is 5.56 Å². The molecule has 0 radical (unpaired) electrons. The molecule has 0 saturated carbocycles. The third kappa shape index (κ3) is 5.32. The molecule has 30 heavy (non-hydrogen) atoms. The van der Waals surface area contributed by atoms with Crippen LogP contribution in [0.25, 0.3) is 10.9 Å². The van der Waals surface area contributed by atoms with Crippen molar-refractivity contribution in [2.75, 3.05) is 18.9 Å². The van der Waals surface area contributed by atoms with Gasteiger partial charge in [-0.25, -0.2) is 4.98 Å². The first-order valence-corrected chi connectivity index (χ1v) is 11.9. The van der Waals surface area contributed by atoms with Gasteiger partial charge in [0.1, 0.15) is 0 Å². The fraction of sp³-hybridized carbons (Fsp3) is 0.522. The van der Waals surface area contributed by atoms with Crippen molar-refractivity contribution in [2.45, 2.75) is 62.8 Å². The van der Waals surface area contributed by atoms with Gasteiger partial charge in [-0.1, -0.05) is 35.5 Å². The Morgan fingerprint density at radius 3 is 2.97 bits per heavy atom. The van der Waals surface area contributed by atoms with E-state index in [0.29, 0.717) is 29.1 Å². The molecule has 7 heteroatoms. The van der Waals surface area contributed by atoms with E-state index in [1.807, 2.05) is 24.3 Å². The number of rotatable bonds is 8. The Bertz CT molecular complexity index is 979. The fourth-order valence-electron chi connectivity index (χ4n) is 4.06. The average Bonchev–Trinajstić information content (AvgIpc) is 3.30. The van der Waals surface area contributed by atoms with Crippen molar-refractivity contribution in [3.8, 4) is 0 Å². The van der Waals surface area contributed by atoms with E-state index < -0.39 is 0 Å². The molecule has 0 spiro atoms. The predicted molar refractivity (Wildman–Crippen MR) is 120 cm³/mol. The molecule has 1 amide bonds. The quantitative estimate of drug-likeness (QED) is 0.395. The Labute approximate surface area is 181 Å². The number of nitrogens with one attached hydrogen (secondary N) is 1. The van der Waals surface area contributed by atoms with Crippen LogP contribution in [0.3, 0.4) is 0 Å². The molecule has 6 nitrogen and oxygen atoms in total. The van der Waals surface area contributed by atoms with Gasteiger partial charge in [-0.3, -0.25) is 14.2 Å². The third-order valence-corrected chi connectivity index (χ3v) is 6.73. The summed E-state index contributed by atoms with van der Waals surface area (Å²) in [5.74, 6) is 0.180. The monoisotopic (exact) mass is 427 g/mol. The van der Waals surface area contributed by atoms with Crippen molar-refractivity contribution in [3.63, 3.8) is 0 Å². The van der Waals surface area contributed by atoms with E-state index >= 15 is 0 Å². The van der Waals surface area contributed by atoms with Crippen LogP contribution in [0.1, 0.15) is 44.9 Å². The van der Waals surface area contributed by atoms with E-state index in [-0.39, 0.29) is 23.3 Å². The van der Waals surface area contributed by atoms with Crippen LogP contribution in [-0.4, -0.2) is 40.5 Å². The van der Waals surface area contributed by atoms with E-state index in [2.05, 4.69) is 11.4 Å². The molecule has 1 aromatic heterocycles. The van der Waals surface area contributed by atoms with Gasteiger partial charge in [-0.05, 0) is 57.1 Å². The van der Waals surface area contributed by atoms with Gasteiger partial charge in [0.05, 0.1) is 22.8 Å². The number of aromatic nitrogens is 2. The Hall–Kier alpha value is -2.12. The maximum atomic E-state index is 13.1. The number of allylic oxidation sites excluding steroid dienone is 2. The second kappa shape index (κ2) is 10.3. The lowest BCUT2D eigenvalue weighted by atomic mass is 9.97. The van der Waals surface area contributed by atoms with Crippen LogP contribution < -0.4 is 10.9 Å². The van der Waals surface area contributed by atoms with Crippen LogP contribution in [-0.2, 0) is 16.1 Å². The van der Waals surface area contributed by atoms with Gasteiger partial charge >= 0.3 is 0 Å². The number of thioether (sulfide) groups is 1. The number of para-hydroxylation sites is 1. The zero-order chi connectivity index (χ0) is 20.8. The largest absolute Gasteiger partial charge is 0.376 e. The smallest absolute Gasteiger partial charge is 0.262 e. The molecule has 1 fully saturated rings. The van der Waals surface area contributed by atoms with Crippen LogP contribution in [0.15, 0.2) is 45.9 Å². The normalized spacial score (nSPS) is 19.1. The summed E-state index contributed by atoms with van der Waals surface area (Å²) >= 11 is 1.33. The molecule has 1 N–H and O–H groups in total. The average molecular weight is 428 g/mol. The van der Waals surface area contributed by atoms with Crippen LogP contribution in [0.4, 0.5) is 0 Å². The van der Waals surface area contributed by atoms with Gasteiger partial charge in [0.15, 0.2) is 5.16 Å².